The molecule has 128 valence electrons. The Hall–Kier alpha value is -0.700. The van der Waals surface area contributed by atoms with E-state index in [2.05, 4.69) is 4.72 Å². The Morgan fingerprint density at radius 1 is 1.18 bits per heavy atom. The van der Waals surface area contributed by atoms with Gasteiger partial charge in [-0.25, -0.2) is 4.79 Å². The zero-order valence-corrected chi connectivity index (χ0v) is 13.9. The van der Waals surface area contributed by atoms with Crippen molar-refractivity contribution in [3.8, 4) is 0 Å². The van der Waals surface area contributed by atoms with Crippen LogP contribution in [0.1, 0.15) is 51.9 Å². The quantitative estimate of drug-likeness (QED) is 0.686. The topological polar surface area (TPSA) is 107 Å². The predicted octanol–water partition coefficient (Wildman–Crippen LogP) is 0.703. The number of hydrogen-bond acceptors (Lipinski definition) is 4. The van der Waals surface area contributed by atoms with E-state index >= 15 is 0 Å². The molecular formula is C14H26N2O5S. The molecule has 2 fully saturated rings. The van der Waals surface area contributed by atoms with Crippen molar-refractivity contribution in [3.05, 3.63) is 0 Å². The van der Waals surface area contributed by atoms with Crippen LogP contribution in [0.4, 0.5) is 0 Å². The van der Waals surface area contributed by atoms with Crippen molar-refractivity contribution in [2.24, 2.45) is 5.41 Å². The third-order valence-electron chi connectivity index (χ3n) is 5.10. The maximum absolute atomic E-state index is 12.2. The lowest BCUT2D eigenvalue weighted by Gasteiger charge is -2.43. The van der Waals surface area contributed by atoms with E-state index in [1.54, 1.807) is 0 Å². The van der Waals surface area contributed by atoms with E-state index in [4.69, 9.17) is 5.11 Å². The Kier molecular flexibility index (Phi) is 5.16. The second-order valence-electron chi connectivity index (χ2n) is 6.86. The monoisotopic (exact) mass is 334 g/mol. The molecule has 1 aliphatic carbocycles. The van der Waals surface area contributed by atoms with Crippen LogP contribution in [-0.4, -0.2) is 54.1 Å². The molecule has 2 rings (SSSR count). The Labute approximate surface area is 131 Å². The summed E-state index contributed by atoms with van der Waals surface area (Å²) in [5.74, 6) is -1.45. The standard InChI is InChI=1S/C14H26N2O5S/c1-13(19,12(17)18)11-15-22(20,21)16-9-7-14(8-10-16)5-3-2-4-6-14/h15,19H,2-11H2,1H3,(H,17,18). The molecule has 2 aliphatic rings. The Bertz CT molecular complexity index is 501. The molecule has 1 atom stereocenters. The van der Waals surface area contributed by atoms with Gasteiger partial charge in [-0.2, -0.15) is 17.4 Å². The molecule has 8 heteroatoms. The predicted molar refractivity (Wildman–Crippen MR) is 81.5 cm³/mol. The lowest BCUT2D eigenvalue weighted by molar-refractivity contribution is -0.155. The summed E-state index contributed by atoms with van der Waals surface area (Å²) in [6.07, 6.45) is 7.82. The third-order valence-corrected chi connectivity index (χ3v) is 6.65. The second-order valence-corrected chi connectivity index (χ2v) is 8.62. The van der Waals surface area contributed by atoms with Gasteiger partial charge in [-0.1, -0.05) is 19.3 Å². The Morgan fingerprint density at radius 2 is 1.73 bits per heavy atom. The summed E-state index contributed by atoms with van der Waals surface area (Å²) in [5, 5.41) is 18.4. The molecule has 0 aromatic carbocycles. The number of hydrogen-bond donors (Lipinski definition) is 3. The first-order valence-corrected chi connectivity index (χ1v) is 9.32. The zero-order valence-electron chi connectivity index (χ0n) is 13.0. The number of rotatable bonds is 5. The minimum absolute atomic E-state index is 0.302. The van der Waals surface area contributed by atoms with Crippen molar-refractivity contribution in [2.45, 2.75) is 57.5 Å². The van der Waals surface area contributed by atoms with Crippen LogP contribution in [0.3, 0.4) is 0 Å². The average molecular weight is 334 g/mol. The molecule has 0 aromatic rings. The van der Waals surface area contributed by atoms with Gasteiger partial charge in [0.2, 0.25) is 0 Å². The second kappa shape index (κ2) is 6.43. The molecule has 1 saturated heterocycles. The van der Waals surface area contributed by atoms with Crippen molar-refractivity contribution in [1.82, 2.24) is 9.03 Å². The smallest absolute Gasteiger partial charge is 0.336 e. The highest BCUT2D eigenvalue weighted by molar-refractivity contribution is 7.87. The van der Waals surface area contributed by atoms with E-state index in [-0.39, 0.29) is 0 Å². The summed E-state index contributed by atoms with van der Waals surface area (Å²) < 4.78 is 28.0. The van der Waals surface area contributed by atoms with Gasteiger partial charge in [-0.15, -0.1) is 0 Å². The fourth-order valence-electron chi connectivity index (χ4n) is 3.40. The lowest BCUT2D eigenvalue weighted by atomic mass is 9.68. The van der Waals surface area contributed by atoms with Crippen LogP contribution in [0.25, 0.3) is 0 Å². The highest BCUT2D eigenvalue weighted by Crippen LogP contribution is 2.44. The first kappa shape index (κ1) is 17.7. The van der Waals surface area contributed by atoms with Gasteiger partial charge in [0.15, 0.2) is 5.60 Å². The Morgan fingerprint density at radius 3 is 2.23 bits per heavy atom. The van der Waals surface area contributed by atoms with Crippen LogP contribution >= 0.6 is 0 Å². The molecule has 0 aromatic heterocycles. The van der Waals surface area contributed by atoms with Crippen molar-refractivity contribution >= 4 is 16.2 Å². The first-order chi connectivity index (χ1) is 10.2. The normalized spacial score (nSPS) is 25.7. The summed E-state index contributed by atoms with van der Waals surface area (Å²) in [7, 11) is -3.75. The van der Waals surface area contributed by atoms with Gasteiger partial charge in [-0.05, 0) is 38.0 Å². The molecule has 1 heterocycles. The largest absolute Gasteiger partial charge is 0.479 e. The molecule has 1 aliphatic heterocycles. The van der Waals surface area contributed by atoms with E-state index in [0.29, 0.717) is 18.5 Å². The van der Waals surface area contributed by atoms with E-state index in [9.17, 15) is 18.3 Å². The molecule has 7 nitrogen and oxygen atoms in total. The third kappa shape index (κ3) is 3.98. The van der Waals surface area contributed by atoms with Gasteiger partial charge >= 0.3 is 5.97 Å². The summed E-state index contributed by atoms with van der Waals surface area (Å²) in [4.78, 5) is 10.8. The minimum atomic E-state index is -3.75. The van der Waals surface area contributed by atoms with Gasteiger partial charge in [0.05, 0.1) is 6.54 Å². The molecule has 1 unspecified atom stereocenters. The SMILES string of the molecule is CC(O)(CNS(=O)(=O)N1CCC2(CCCCC2)CC1)C(=O)O. The number of nitrogens with one attached hydrogen (secondary N) is 1. The zero-order chi connectivity index (χ0) is 16.4. The molecule has 0 bridgehead atoms. The minimum Gasteiger partial charge on any atom is -0.479 e. The van der Waals surface area contributed by atoms with Gasteiger partial charge < -0.3 is 10.2 Å². The molecule has 0 amide bonds. The molecule has 1 saturated carbocycles. The van der Waals surface area contributed by atoms with Crippen LogP contribution < -0.4 is 4.72 Å². The fourth-order valence-corrected chi connectivity index (χ4v) is 4.71. The summed E-state index contributed by atoms with van der Waals surface area (Å²) in [5.41, 5.74) is -1.80. The van der Waals surface area contributed by atoms with Gasteiger partial charge in [0.1, 0.15) is 0 Å². The number of aliphatic carboxylic acids is 1. The van der Waals surface area contributed by atoms with Crippen molar-refractivity contribution in [3.63, 3.8) is 0 Å². The number of aliphatic hydroxyl groups is 1. The van der Waals surface area contributed by atoms with E-state index in [1.807, 2.05) is 0 Å². The lowest BCUT2D eigenvalue weighted by Crippen LogP contribution is -2.52. The van der Waals surface area contributed by atoms with E-state index in [0.717, 1.165) is 19.8 Å². The number of carboxylic acids is 1. The maximum Gasteiger partial charge on any atom is 0.336 e. The molecule has 1 spiro atoms. The van der Waals surface area contributed by atoms with E-state index in [1.165, 1.54) is 36.4 Å². The number of carboxylic acid groups (broad SMARTS) is 1. The number of piperidine rings is 1. The van der Waals surface area contributed by atoms with Crippen molar-refractivity contribution in [1.29, 1.82) is 0 Å². The first-order valence-electron chi connectivity index (χ1n) is 7.88. The van der Waals surface area contributed by atoms with Crippen LogP contribution in [0, 0.1) is 5.41 Å². The van der Waals surface area contributed by atoms with Crippen molar-refractivity contribution in [2.75, 3.05) is 19.6 Å². The van der Waals surface area contributed by atoms with Gasteiger partial charge in [0, 0.05) is 13.1 Å². The number of carbonyl (C=O) groups is 1. The van der Waals surface area contributed by atoms with Crippen LogP contribution in [0.5, 0.6) is 0 Å². The van der Waals surface area contributed by atoms with Crippen LogP contribution in [0.2, 0.25) is 0 Å². The maximum atomic E-state index is 12.2. The van der Waals surface area contributed by atoms with Crippen LogP contribution in [-0.2, 0) is 15.0 Å². The summed E-state index contributed by atoms with van der Waals surface area (Å²) in [6, 6.07) is 0. The fraction of sp³-hybridized carbons (Fsp3) is 0.929. The average Bonchev–Trinajstić information content (AvgIpc) is 2.47. The highest BCUT2D eigenvalue weighted by Gasteiger charge is 2.39. The van der Waals surface area contributed by atoms with E-state index < -0.39 is 28.3 Å². The highest BCUT2D eigenvalue weighted by atomic mass is 32.2. The van der Waals surface area contributed by atoms with Crippen LogP contribution in [0.15, 0.2) is 0 Å². The molecular weight excluding hydrogens is 308 g/mol. The molecule has 0 radical (unpaired) electrons. The Balaban J connectivity index is 1.90. The van der Waals surface area contributed by atoms with Gasteiger partial charge in [-0.3, -0.25) is 0 Å². The molecule has 22 heavy (non-hydrogen) atoms. The molecule has 3 N–H and O–H groups in total. The van der Waals surface area contributed by atoms with Crippen molar-refractivity contribution < 1.29 is 23.4 Å². The summed E-state index contributed by atoms with van der Waals surface area (Å²) >= 11 is 0. The van der Waals surface area contributed by atoms with Gasteiger partial charge in [0.25, 0.3) is 10.2 Å². The summed E-state index contributed by atoms with van der Waals surface area (Å²) in [6.45, 7) is 1.46. The number of nitrogens with zero attached hydrogens (tertiary/aromatic N) is 1.